The van der Waals surface area contributed by atoms with Gasteiger partial charge >= 0.3 is 5.97 Å². The van der Waals surface area contributed by atoms with Crippen LogP contribution in [0.5, 0.6) is 0 Å². The van der Waals surface area contributed by atoms with E-state index in [1.165, 1.54) is 6.39 Å². The molecule has 0 aliphatic carbocycles. The summed E-state index contributed by atoms with van der Waals surface area (Å²) in [6.07, 6.45) is 3.43. The summed E-state index contributed by atoms with van der Waals surface area (Å²) in [7, 11) is 0. The maximum absolute atomic E-state index is 12.4. The summed E-state index contributed by atoms with van der Waals surface area (Å²) in [5.41, 5.74) is 0.534. The predicted octanol–water partition coefficient (Wildman–Crippen LogP) is 3.34. The maximum Gasteiger partial charge on any atom is 0.317 e. The van der Waals surface area contributed by atoms with Gasteiger partial charge in [-0.3, -0.25) is 4.79 Å². The van der Waals surface area contributed by atoms with Crippen molar-refractivity contribution in [3.8, 4) is 0 Å². The zero-order valence-electron chi connectivity index (χ0n) is 12.0. The highest BCUT2D eigenvalue weighted by Crippen LogP contribution is 2.24. The van der Waals surface area contributed by atoms with Crippen molar-refractivity contribution in [3.05, 3.63) is 54.2 Å². The van der Waals surface area contributed by atoms with Gasteiger partial charge in [0.25, 0.3) is 0 Å². The number of carbonyl (C=O) groups excluding carboxylic acids is 1. The van der Waals surface area contributed by atoms with Gasteiger partial charge in [-0.05, 0) is 32.8 Å². The van der Waals surface area contributed by atoms with Crippen molar-refractivity contribution in [1.29, 1.82) is 0 Å². The van der Waals surface area contributed by atoms with Crippen LogP contribution in [0.25, 0.3) is 0 Å². The van der Waals surface area contributed by atoms with E-state index in [-0.39, 0.29) is 5.97 Å². The molecule has 0 saturated heterocycles. The fourth-order valence-electron chi connectivity index (χ4n) is 1.92. The minimum absolute atomic E-state index is 0.293. The highest BCUT2D eigenvalue weighted by atomic mass is 16.6. The van der Waals surface area contributed by atoms with Crippen molar-refractivity contribution in [1.82, 2.24) is 4.98 Å². The lowest BCUT2D eigenvalue weighted by molar-refractivity contribution is -0.157. The Morgan fingerprint density at radius 1 is 1.30 bits per heavy atom. The Kier molecular flexibility index (Phi) is 4.23. The van der Waals surface area contributed by atoms with Crippen LogP contribution in [0.15, 0.2) is 47.3 Å². The molecule has 20 heavy (non-hydrogen) atoms. The minimum Gasteiger partial charge on any atom is -0.459 e. The zero-order valence-corrected chi connectivity index (χ0v) is 12.0. The molecule has 106 valence electrons. The molecule has 0 spiro atoms. The fraction of sp³-hybridized carbons (Fsp3) is 0.375. The summed E-state index contributed by atoms with van der Waals surface area (Å²) in [5, 5.41) is 0. The topological polar surface area (TPSA) is 52.3 Å². The van der Waals surface area contributed by atoms with E-state index in [9.17, 15) is 4.79 Å². The monoisotopic (exact) mass is 273 g/mol. The van der Waals surface area contributed by atoms with E-state index in [0.29, 0.717) is 12.2 Å². The Balaban J connectivity index is 2.20. The lowest BCUT2D eigenvalue weighted by Gasteiger charge is -2.23. The smallest absolute Gasteiger partial charge is 0.317 e. The first-order valence-electron chi connectivity index (χ1n) is 6.61. The van der Waals surface area contributed by atoms with Gasteiger partial charge in [0, 0.05) is 0 Å². The van der Waals surface area contributed by atoms with E-state index in [1.807, 2.05) is 51.1 Å². The van der Waals surface area contributed by atoms with E-state index >= 15 is 0 Å². The average Bonchev–Trinajstić information content (AvgIpc) is 2.88. The molecular weight excluding hydrogens is 254 g/mol. The minimum atomic E-state index is -0.522. The van der Waals surface area contributed by atoms with E-state index < -0.39 is 11.5 Å². The summed E-state index contributed by atoms with van der Waals surface area (Å²) >= 11 is 0. The van der Waals surface area contributed by atoms with Crippen molar-refractivity contribution >= 4 is 5.97 Å². The molecular formula is C16H19NO3. The molecule has 2 rings (SSSR count). The maximum atomic E-state index is 12.4. The standard InChI is InChI=1S/C16H19NO3/c1-16(2,3)20-15(18)13(14-10-17-11-19-14)9-12-7-5-4-6-8-12/h4-8,10-11,13H,9H2,1-3H3/t13-/m0/s1. The van der Waals surface area contributed by atoms with E-state index in [4.69, 9.17) is 9.15 Å². The molecule has 4 nitrogen and oxygen atoms in total. The van der Waals surface area contributed by atoms with Crippen LogP contribution in [-0.2, 0) is 16.0 Å². The molecule has 1 aromatic heterocycles. The predicted molar refractivity (Wildman–Crippen MR) is 75.2 cm³/mol. The molecule has 0 aliphatic rings. The summed E-state index contributed by atoms with van der Waals surface area (Å²) < 4.78 is 10.8. The zero-order chi connectivity index (χ0) is 14.6. The van der Waals surface area contributed by atoms with Crippen LogP contribution in [0, 0.1) is 0 Å². The van der Waals surface area contributed by atoms with Gasteiger partial charge in [0.05, 0.1) is 6.20 Å². The number of ether oxygens (including phenoxy) is 1. The highest BCUT2D eigenvalue weighted by Gasteiger charge is 2.29. The highest BCUT2D eigenvalue weighted by molar-refractivity contribution is 5.78. The number of aromatic nitrogens is 1. The van der Waals surface area contributed by atoms with Gasteiger partial charge in [0.1, 0.15) is 17.3 Å². The molecule has 0 amide bonds. The number of hydrogen-bond acceptors (Lipinski definition) is 4. The summed E-state index contributed by atoms with van der Waals surface area (Å²) in [4.78, 5) is 16.2. The number of rotatable bonds is 4. The molecule has 0 radical (unpaired) electrons. The summed E-state index contributed by atoms with van der Waals surface area (Å²) in [5.74, 6) is -0.236. The van der Waals surface area contributed by atoms with Crippen molar-refractivity contribution in [3.63, 3.8) is 0 Å². The van der Waals surface area contributed by atoms with Crippen LogP contribution in [0.4, 0.5) is 0 Å². The van der Waals surface area contributed by atoms with Crippen molar-refractivity contribution < 1.29 is 13.9 Å². The van der Waals surface area contributed by atoms with Crippen LogP contribution in [0.2, 0.25) is 0 Å². The van der Waals surface area contributed by atoms with Gasteiger partial charge in [-0.2, -0.15) is 0 Å². The van der Waals surface area contributed by atoms with Gasteiger partial charge in [0.15, 0.2) is 6.39 Å². The van der Waals surface area contributed by atoms with Crippen molar-refractivity contribution in [2.24, 2.45) is 0 Å². The summed E-state index contributed by atoms with van der Waals surface area (Å²) in [6.45, 7) is 5.56. The largest absolute Gasteiger partial charge is 0.459 e. The van der Waals surface area contributed by atoms with Gasteiger partial charge in [0.2, 0.25) is 0 Å². The third-order valence-corrected chi connectivity index (χ3v) is 2.77. The van der Waals surface area contributed by atoms with Crippen LogP contribution in [-0.4, -0.2) is 16.6 Å². The molecule has 0 bridgehead atoms. The molecule has 2 aromatic rings. The Morgan fingerprint density at radius 2 is 2.00 bits per heavy atom. The number of benzene rings is 1. The fourth-order valence-corrected chi connectivity index (χ4v) is 1.92. The third kappa shape index (κ3) is 3.95. The second kappa shape index (κ2) is 5.90. The second-order valence-electron chi connectivity index (χ2n) is 5.68. The molecule has 1 aromatic carbocycles. The first-order chi connectivity index (χ1) is 9.46. The Labute approximate surface area is 118 Å². The number of esters is 1. The molecule has 1 heterocycles. The van der Waals surface area contributed by atoms with Gasteiger partial charge in [-0.25, -0.2) is 4.98 Å². The van der Waals surface area contributed by atoms with E-state index in [0.717, 1.165) is 5.56 Å². The number of oxazole rings is 1. The molecule has 0 unspecified atom stereocenters. The number of carbonyl (C=O) groups is 1. The molecule has 0 N–H and O–H groups in total. The number of nitrogens with zero attached hydrogens (tertiary/aromatic N) is 1. The molecule has 0 fully saturated rings. The Morgan fingerprint density at radius 3 is 2.55 bits per heavy atom. The molecule has 0 aliphatic heterocycles. The van der Waals surface area contributed by atoms with Gasteiger partial charge < -0.3 is 9.15 Å². The SMILES string of the molecule is CC(C)(C)OC(=O)[C@@H](Cc1ccccc1)c1cnco1. The van der Waals surface area contributed by atoms with Gasteiger partial charge in [-0.15, -0.1) is 0 Å². The van der Waals surface area contributed by atoms with Crippen LogP contribution >= 0.6 is 0 Å². The van der Waals surface area contributed by atoms with E-state index in [1.54, 1.807) is 6.20 Å². The van der Waals surface area contributed by atoms with Crippen LogP contribution < -0.4 is 0 Å². The number of hydrogen-bond donors (Lipinski definition) is 0. The lowest BCUT2D eigenvalue weighted by atomic mass is 9.97. The first kappa shape index (κ1) is 14.3. The van der Waals surface area contributed by atoms with Crippen molar-refractivity contribution in [2.75, 3.05) is 0 Å². The first-order valence-corrected chi connectivity index (χ1v) is 6.61. The Bertz CT molecular complexity index is 541. The second-order valence-corrected chi connectivity index (χ2v) is 5.68. The molecule has 0 saturated carbocycles. The molecule has 4 heteroatoms. The van der Waals surface area contributed by atoms with E-state index in [2.05, 4.69) is 4.98 Å². The van der Waals surface area contributed by atoms with Crippen LogP contribution in [0.3, 0.4) is 0 Å². The van der Waals surface area contributed by atoms with Gasteiger partial charge in [-0.1, -0.05) is 30.3 Å². The quantitative estimate of drug-likeness (QED) is 0.802. The normalized spacial score (nSPS) is 12.9. The molecule has 1 atom stereocenters. The average molecular weight is 273 g/mol. The van der Waals surface area contributed by atoms with Crippen LogP contribution in [0.1, 0.15) is 38.0 Å². The lowest BCUT2D eigenvalue weighted by Crippen LogP contribution is -2.28. The Hall–Kier alpha value is -2.10. The third-order valence-electron chi connectivity index (χ3n) is 2.77. The van der Waals surface area contributed by atoms with Crippen molar-refractivity contribution in [2.45, 2.75) is 38.7 Å². The summed E-state index contributed by atoms with van der Waals surface area (Å²) in [6, 6.07) is 9.80.